The Labute approximate surface area is 177 Å². The number of carbonyl (C=O) groups excluding carboxylic acids is 2. The van der Waals surface area contributed by atoms with Crippen molar-refractivity contribution >= 4 is 39.5 Å². The zero-order valence-corrected chi connectivity index (χ0v) is 17.9. The molecule has 0 fully saturated rings. The third kappa shape index (κ3) is 6.45. The molecular weight excluding hydrogens is 442 g/mol. The molecule has 1 aliphatic rings. The predicted molar refractivity (Wildman–Crippen MR) is 111 cm³/mol. The van der Waals surface area contributed by atoms with E-state index >= 15 is 0 Å². The molecule has 8 heteroatoms. The highest BCUT2D eigenvalue weighted by atomic mass is 79.9. The second kappa shape index (κ2) is 10.8. The minimum absolute atomic E-state index is 0.00940. The van der Waals surface area contributed by atoms with Gasteiger partial charge in [0.1, 0.15) is 5.76 Å². The van der Waals surface area contributed by atoms with Gasteiger partial charge in [-0.2, -0.15) is 0 Å². The lowest BCUT2D eigenvalue weighted by Gasteiger charge is -2.21. The normalized spacial score (nSPS) is 16.5. The van der Waals surface area contributed by atoms with Crippen LogP contribution in [0.2, 0.25) is 0 Å². The molecule has 29 heavy (non-hydrogen) atoms. The van der Waals surface area contributed by atoms with Crippen LogP contribution in [-0.2, 0) is 19.1 Å². The molecule has 1 aromatic carbocycles. The molecule has 0 radical (unpaired) electrons. The summed E-state index contributed by atoms with van der Waals surface area (Å²) in [6.07, 6.45) is 6.09. The fraction of sp³-hybridized carbons (Fsp3) is 0.381. The van der Waals surface area contributed by atoms with E-state index in [2.05, 4.69) is 21.2 Å². The summed E-state index contributed by atoms with van der Waals surface area (Å²) in [5.41, 5.74) is 0.205. The van der Waals surface area contributed by atoms with E-state index in [4.69, 9.17) is 9.47 Å². The Morgan fingerprint density at radius 2 is 2.07 bits per heavy atom. The van der Waals surface area contributed by atoms with Crippen LogP contribution < -0.4 is 5.32 Å². The second-order valence-corrected chi connectivity index (χ2v) is 7.36. The van der Waals surface area contributed by atoms with Gasteiger partial charge < -0.3 is 19.9 Å². The van der Waals surface area contributed by atoms with Crippen LogP contribution in [0.4, 0.5) is 5.69 Å². The first-order chi connectivity index (χ1) is 13.8. The molecule has 0 saturated heterocycles. The SMILES string of the molecule is CCCC(OC1=CC(C(=O)Nc2ccc(Br)cc2C(=O)O)CC=C1)C(=O)OCC. The Balaban J connectivity index is 2.12. The largest absolute Gasteiger partial charge is 0.479 e. The summed E-state index contributed by atoms with van der Waals surface area (Å²) in [7, 11) is 0. The van der Waals surface area contributed by atoms with Gasteiger partial charge in [-0.3, -0.25) is 4.79 Å². The van der Waals surface area contributed by atoms with Crippen LogP contribution in [0.3, 0.4) is 0 Å². The van der Waals surface area contributed by atoms with Gasteiger partial charge in [0.05, 0.1) is 23.8 Å². The van der Waals surface area contributed by atoms with Gasteiger partial charge in [0, 0.05) is 4.47 Å². The number of benzene rings is 1. The number of amides is 1. The lowest BCUT2D eigenvalue weighted by Crippen LogP contribution is -2.28. The van der Waals surface area contributed by atoms with Crippen LogP contribution in [0.25, 0.3) is 0 Å². The maximum absolute atomic E-state index is 12.7. The van der Waals surface area contributed by atoms with Crippen molar-refractivity contribution in [2.24, 2.45) is 5.92 Å². The van der Waals surface area contributed by atoms with Crippen molar-refractivity contribution in [2.75, 3.05) is 11.9 Å². The molecular formula is C21H24BrNO6. The number of nitrogens with one attached hydrogen (secondary N) is 1. The number of hydrogen-bond donors (Lipinski definition) is 2. The maximum atomic E-state index is 12.7. The van der Waals surface area contributed by atoms with Crippen molar-refractivity contribution in [1.82, 2.24) is 0 Å². The highest BCUT2D eigenvalue weighted by Gasteiger charge is 2.25. The summed E-state index contributed by atoms with van der Waals surface area (Å²) < 4.78 is 11.4. The van der Waals surface area contributed by atoms with Crippen molar-refractivity contribution in [2.45, 2.75) is 39.2 Å². The summed E-state index contributed by atoms with van der Waals surface area (Å²) in [6, 6.07) is 4.61. The van der Waals surface area contributed by atoms with E-state index in [-0.39, 0.29) is 23.8 Å². The van der Waals surface area contributed by atoms with Gasteiger partial charge in [0.2, 0.25) is 5.91 Å². The van der Waals surface area contributed by atoms with E-state index in [1.165, 1.54) is 12.1 Å². The summed E-state index contributed by atoms with van der Waals surface area (Å²) in [5.74, 6) is -2.07. The van der Waals surface area contributed by atoms with E-state index in [1.54, 1.807) is 31.2 Å². The lowest BCUT2D eigenvalue weighted by molar-refractivity contribution is -0.154. The van der Waals surface area contributed by atoms with Gasteiger partial charge in [-0.05, 0) is 50.1 Å². The van der Waals surface area contributed by atoms with Crippen LogP contribution in [-0.4, -0.2) is 35.7 Å². The number of carboxylic acids is 1. The van der Waals surface area contributed by atoms with Crippen molar-refractivity contribution < 1.29 is 29.0 Å². The Kier molecular flexibility index (Phi) is 8.45. The summed E-state index contributed by atoms with van der Waals surface area (Å²) in [4.78, 5) is 36.2. The number of halogens is 1. The van der Waals surface area contributed by atoms with Gasteiger partial charge in [-0.25, -0.2) is 9.59 Å². The lowest BCUT2D eigenvalue weighted by atomic mass is 9.98. The first kappa shape index (κ1) is 22.7. The number of carboxylic acid groups (broad SMARTS) is 1. The smallest absolute Gasteiger partial charge is 0.347 e. The van der Waals surface area contributed by atoms with Crippen molar-refractivity contribution in [1.29, 1.82) is 0 Å². The molecule has 1 amide bonds. The average molecular weight is 466 g/mol. The van der Waals surface area contributed by atoms with E-state index in [9.17, 15) is 19.5 Å². The third-order valence-corrected chi connectivity index (χ3v) is 4.72. The minimum Gasteiger partial charge on any atom is -0.479 e. The zero-order chi connectivity index (χ0) is 21.4. The minimum atomic E-state index is -1.14. The number of carbonyl (C=O) groups is 3. The standard InChI is InChI=1S/C21H24BrNO6/c1-3-6-18(21(27)28-4-2)29-15-8-5-7-13(11-15)19(24)23-17-10-9-14(22)12-16(17)20(25)26/h5,8-13,18H,3-4,6-7H2,1-2H3,(H,23,24)(H,25,26). The van der Waals surface area contributed by atoms with E-state index in [0.29, 0.717) is 23.1 Å². The molecule has 2 N–H and O–H groups in total. The summed E-state index contributed by atoms with van der Waals surface area (Å²) >= 11 is 3.22. The van der Waals surface area contributed by atoms with Gasteiger partial charge >= 0.3 is 11.9 Å². The number of rotatable bonds is 9. The number of hydrogen-bond acceptors (Lipinski definition) is 5. The van der Waals surface area contributed by atoms with Crippen molar-refractivity contribution in [3.8, 4) is 0 Å². The van der Waals surface area contributed by atoms with E-state index in [0.717, 1.165) is 6.42 Å². The number of anilines is 1. The Bertz CT molecular complexity index is 832. The maximum Gasteiger partial charge on any atom is 0.347 e. The average Bonchev–Trinajstić information content (AvgIpc) is 2.69. The fourth-order valence-electron chi connectivity index (χ4n) is 2.83. The Morgan fingerprint density at radius 1 is 1.31 bits per heavy atom. The summed E-state index contributed by atoms with van der Waals surface area (Å²) in [5, 5.41) is 12.0. The van der Waals surface area contributed by atoms with Crippen LogP contribution in [0.5, 0.6) is 0 Å². The topological polar surface area (TPSA) is 102 Å². The van der Waals surface area contributed by atoms with Gasteiger partial charge in [-0.15, -0.1) is 0 Å². The van der Waals surface area contributed by atoms with Gasteiger partial charge in [-0.1, -0.05) is 35.4 Å². The molecule has 0 aliphatic heterocycles. The quantitative estimate of drug-likeness (QED) is 0.527. The third-order valence-electron chi connectivity index (χ3n) is 4.22. The van der Waals surface area contributed by atoms with Crippen LogP contribution in [0.1, 0.15) is 43.5 Å². The molecule has 2 unspecified atom stereocenters. The highest BCUT2D eigenvalue weighted by molar-refractivity contribution is 9.10. The van der Waals surface area contributed by atoms with Crippen LogP contribution in [0.15, 0.2) is 46.7 Å². The van der Waals surface area contributed by atoms with E-state index < -0.39 is 24.0 Å². The number of ether oxygens (including phenoxy) is 2. The Hall–Kier alpha value is -2.61. The molecule has 0 aromatic heterocycles. The van der Waals surface area contributed by atoms with E-state index in [1.807, 2.05) is 6.92 Å². The van der Waals surface area contributed by atoms with Gasteiger partial charge in [0.15, 0.2) is 6.10 Å². The number of allylic oxidation sites excluding steroid dienone is 2. The second-order valence-electron chi connectivity index (χ2n) is 6.45. The van der Waals surface area contributed by atoms with Crippen molar-refractivity contribution in [3.63, 3.8) is 0 Å². The number of esters is 1. The molecule has 1 aromatic rings. The molecule has 0 heterocycles. The van der Waals surface area contributed by atoms with Gasteiger partial charge in [0.25, 0.3) is 0 Å². The highest BCUT2D eigenvalue weighted by Crippen LogP contribution is 2.25. The Morgan fingerprint density at radius 3 is 2.72 bits per heavy atom. The number of aromatic carboxylic acids is 1. The predicted octanol–water partition coefficient (Wildman–Crippen LogP) is 4.29. The molecule has 0 saturated carbocycles. The van der Waals surface area contributed by atoms with Crippen molar-refractivity contribution in [3.05, 3.63) is 52.2 Å². The fourth-order valence-corrected chi connectivity index (χ4v) is 3.19. The molecule has 156 valence electrons. The molecule has 7 nitrogen and oxygen atoms in total. The summed E-state index contributed by atoms with van der Waals surface area (Å²) in [6.45, 7) is 3.94. The van der Waals surface area contributed by atoms with Crippen LogP contribution >= 0.6 is 15.9 Å². The zero-order valence-electron chi connectivity index (χ0n) is 16.3. The first-order valence-electron chi connectivity index (χ1n) is 9.41. The molecule has 2 atom stereocenters. The monoisotopic (exact) mass is 465 g/mol. The first-order valence-corrected chi connectivity index (χ1v) is 10.2. The van der Waals surface area contributed by atoms with Crippen LogP contribution in [0, 0.1) is 5.92 Å². The molecule has 1 aliphatic carbocycles. The molecule has 0 bridgehead atoms. The molecule has 2 rings (SSSR count). The molecule has 0 spiro atoms.